The van der Waals surface area contributed by atoms with E-state index in [9.17, 15) is 8.78 Å². The summed E-state index contributed by atoms with van der Waals surface area (Å²) in [6, 6.07) is 4.08. The molecule has 0 saturated carbocycles. The minimum absolute atomic E-state index is 0.252. The van der Waals surface area contributed by atoms with Crippen LogP contribution in [0, 0.1) is 11.6 Å². The van der Waals surface area contributed by atoms with Crippen LogP contribution in [-0.2, 0) is 0 Å². The molecule has 0 saturated heterocycles. The highest BCUT2D eigenvalue weighted by atomic mass is 19.2. The summed E-state index contributed by atoms with van der Waals surface area (Å²) in [6.07, 6.45) is 0.606. The highest BCUT2D eigenvalue weighted by molar-refractivity contribution is 5.22. The van der Waals surface area contributed by atoms with Gasteiger partial charge in [-0.25, -0.2) is 8.78 Å². The lowest BCUT2D eigenvalue weighted by molar-refractivity contribution is 0.262. The molecule has 0 amide bonds. The van der Waals surface area contributed by atoms with Gasteiger partial charge in [-0.05, 0) is 39.9 Å². The van der Waals surface area contributed by atoms with Crippen molar-refractivity contribution in [3.8, 4) is 0 Å². The molecule has 0 fully saturated rings. The Morgan fingerprint density at radius 1 is 1.29 bits per heavy atom. The Labute approximate surface area is 101 Å². The van der Waals surface area contributed by atoms with Crippen molar-refractivity contribution in [3.63, 3.8) is 0 Å². The van der Waals surface area contributed by atoms with Crippen molar-refractivity contribution in [1.29, 1.82) is 0 Å². The Hall–Kier alpha value is -1.00. The van der Waals surface area contributed by atoms with Crippen LogP contribution in [0.25, 0.3) is 0 Å². The predicted molar refractivity (Wildman–Crippen MR) is 65.7 cm³/mol. The topological polar surface area (TPSA) is 29.3 Å². The van der Waals surface area contributed by atoms with Crippen LogP contribution in [0.15, 0.2) is 18.2 Å². The van der Waals surface area contributed by atoms with Gasteiger partial charge in [0.05, 0.1) is 0 Å². The molecule has 2 nitrogen and oxygen atoms in total. The Balaban J connectivity index is 2.64. The second kappa shape index (κ2) is 6.07. The molecule has 0 aromatic heterocycles. The molecule has 0 aliphatic rings. The van der Waals surface area contributed by atoms with Crippen molar-refractivity contribution >= 4 is 0 Å². The maximum atomic E-state index is 13.5. The number of benzene rings is 1. The number of halogens is 2. The summed E-state index contributed by atoms with van der Waals surface area (Å²) in [4.78, 5) is 2.12. The van der Waals surface area contributed by atoms with Gasteiger partial charge in [0.15, 0.2) is 11.6 Å². The molecule has 1 aromatic rings. The molecule has 2 N–H and O–H groups in total. The highest BCUT2D eigenvalue weighted by Crippen LogP contribution is 2.20. The third kappa shape index (κ3) is 3.75. The maximum Gasteiger partial charge on any atom is 0.163 e. The van der Waals surface area contributed by atoms with Crippen molar-refractivity contribution in [2.45, 2.75) is 32.4 Å². The third-order valence-corrected chi connectivity index (χ3v) is 3.06. The molecular weight excluding hydrogens is 222 g/mol. The summed E-state index contributed by atoms with van der Waals surface area (Å²) >= 11 is 0. The Morgan fingerprint density at radius 3 is 2.53 bits per heavy atom. The van der Waals surface area contributed by atoms with Crippen molar-refractivity contribution < 1.29 is 8.78 Å². The van der Waals surface area contributed by atoms with Gasteiger partial charge in [0.1, 0.15) is 0 Å². The SMILES string of the molecule is CC(C)N(C)CCC(N)c1cccc(F)c1F. The molecule has 0 spiro atoms. The standard InChI is InChI=1S/C13H20F2N2/c1-9(2)17(3)8-7-12(16)10-5-4-6-11(14)13(10)15/h4-6,9,12H,7-8,16H2,1-3H3. The minimum atomic E-state index is -0.838. The number of nitrogens with zero attached hydrogens (tertiary/aromatic N) is 1. The second-order valence-electron chi connectivity index (χ2n) is 4.61. The van der Waals surface area contributed by atoms with Crippen LogP contribution in [0.4, 0.5) is 8.78 Å². The lowest BCUT2D eigenvalue weighted by atomic mass is 10.0. The van der Waals surface area contributed by atoms with Gasteiger partial charge < -0.3 is 10.6 Å². The average Bonchev–Trinajstić information content (AvgIpc) is 2.29. The van der Waals surface area contributed by atoms with Crippen LogP contribution in [0.1, 0.15) is 31.9 Å². The fraction of sp³-hybridized carbons (Fsp3) is 0.538. The van der Waals surface area contributed by atoms with Gasteiger partial charge in [0.2, 0.25) is 0 Å². The van der Waals surface area contributed by atoms with Crippen molar-refractivity contribution in [2.75, 3.05) is 13.6 Å². The zero-order valence-electron chi connectivity index (χ0n) is 10.6. The van der Waals surface area contributed by atoms with Crippen LogP contribution in [0.3, 0.4) is 0 Å². The van der Waals surface area contributed by atoms with Crippen LogP contribution >= 0.6 is 0 Å². The van der Waals surface area contributed by atoms with E-state index in [4.69, 9.17) is 5.73 Å². The Morgan fingerprint density at radius 2 is 1.94 bits per heavy atom. The fourth-order valence-electron chi connectivity index (χ4n) is 1.56. The van der Waals surface area contributed by atoms with Crippen LogP contribution in [0.5, 0.6) is 0 Å². The third-order valence-electron chi connectivity index (χ3n) is 3.06. The normalized spacial score (nSPS) is 13.4. The molecule has 0 radical (unpaired) electrons. The van der Waals surface area contributed by atoms with E-state index < -0.39 is 17.7 Å². The summed E-state index contributed by atoms with van der Waals surface area (Å²) in [6.45, 7) is 4.91. The summed E-state index contributed by atoms with van der Waals surface area (Å²) in [5.74, 6) is -1.66. The number of nitrogens with two attached hydrogens (primary N) is 1. The fourth-order valence-corrected chi connectivity index (χ4v) is 1.56. The van der Waals surface area contributed by atoms with E-state index in [2.05, 4.69) is 18.7 Å². The van der Waals surface area contributed by atoms with Crippen molar-refractivity contribution in [3.05, 3.63) is 35.4 Å². The first-order chi connectivity index (χ1) is 7.93. The van der Waals surface area contributed by atoms with Gasteiger partial charge in [0, 0.05) is 17.6 Å². The molecule has 1 aromatic carbocycles. The van der Waals surface area contributed by atoms with E-state index in [-0.39, 0.29) is 5.56 Å². The molecule has 17 heavy (non-hydrogen) atoms. The lowest BCUT2D eigenvalue weighted by Gasteiger charge is -2.23. The van der Waals surface area contributed by atoms with Gasteiger partial charge in [-0.1, -0.05) is 12.1 Å². The largest absolute Gasteiger partial charge is 0.324 e. The van der Waals surface area contributed by atoms with E-state index in [1.165, 1.54) is 6.07 Å². The van der Waals surface area contributed by atoms with Gasteiger partial charge >= 0.3 is 0 Å². The molecular formula is C13H20F2N2. The van der Waals surface area contributed by atoms with Gasteiger partial charge in [-0.15, -0.1) is 0 Å². The van der Waals surface area contributed by atoms with Crippen LogP contribution in [0.2, 0.25) is 0 Å². The minimum Gasteiger partial charge on any atom is -0.324 e. The molecule has 1 unspecified atom stereocenters. The summed E-state index contributed by atoms with van der Waals surface area (Å²) in [5, 5.41) is 0. The van der Waals surface area contributed by atoms with E-state index in [0.717, 1.165) is 12.6 Å². The number of rotatable bonds is 5. The summed E-state index contributed by atoms with van der Waals surface area (Å²) in [7, 11) is 1.99. The summed E-state index contributed by atoms with van der Waals surface area (Å²) < 4.78 is 26.5. The monoisotopic (exact) mass is 242 g/mol. The quantitative estimate of drug-likeness (QED) is 0.860. The van der Waals surface area contributed by atoms with Crippen molar-refractivity contribution in [2.24, 2.45) is 5.73 Å². The first-order valence-electron chi connectivity index (χ1n) is 5.83. The molecule has 1 rings (SSSR count). The smallest absolute Gasteiger partial charge is 0.163 e. The molecule has 0 aliphatic carbocycles. The Bertz CT molecular complexity index is 366. The molecule has 0 bridgehead atoms. The van der Waals surface area contributed by atoms with Gasteiger partial charge in [-0.2, -0.15) is 0 Å². The van der Waals surface area contributed by atoms with E-state index in [1.807, 2.05) is 7.05 Å². The maximum absolute atomic E-state index is 13.5. The van der Waals surface area contributed by atoms with E-state index in [1.54, 1.807) is 6.07 Å². The van der Waals surface area contributed by atoms with Gasteiger partial charge in [-0.3, -0.25) is 0 Å². The van der Waals surface area contributed by atoms with E-state index in [0.29, 0.717) is 12.5 Å². The van der Waals surface area contributed by atoms with Crippen molar-refractivity contribution in [1.82, 2.24) is 4.90 Å². The number of hydrogen-bond acceptors (Lipinski definition) is 2. The molecule has 4 heteroatoms. The molecule has 0 aliphatic heterocycles. The first-order valence-corrected chi connectivity index (χ1v) is 5.83. The predicted octanol–water partition coefficient (Wildman–Crippen LogP) is 2.69. The zero-order valence-corrected chi connectivity index (χ0v) is 10.6. The van der Waals surface area contributed by atoms with Crippen LogP contribution < -0.4 is 5.73 Å². The highest BCUT2D eigenvalue weighted by Gasteiger charge is 2.15. The average molecular weight is 242 g/mol. The zero-order chi connectivity index (χ0) is 13.0. The first kappa shape index (κ1) is 14.1. The lowest BCUT2D eigenvalue weighted by Crippen LogP contribution is -2.29. The summed E-state index contributed by atoms with van der Waals surface area (Å²) in [5.41, 5.74) is 6.13. The molecule has 96 valence electrons. The second-order valence-corrected chi connectivity index (χ2v) is 4.61. The van der Waals surface area contributed by atoms with Gasteiger partial charge in [0.25, 0.3) is 0 Å². The van der Waals surface area contributed by atoms with Crippen LogP contribution in [-0.4, -0.2) is 24.5 Å². The molecule has 1 atom stereocenters. The molecule has 0 heterocycles. The Kier molecular flexibility index (Phi) is 5.02. The van der Waals surface area contributed by atoms with E-state index >= 15 is 0 Å². The number of hydrogen-bond donors (Lipinski definition) is 1.